The maximum absolute atomic E-state index is 10.9. The summed E-state index contributed by atoms with van der Waals surface area (Å²) < 4.78 is 4.99. The van der Waals surface area contributed by atoms with Gasteiger partial charge in [0.1, 0.15) is 12.1 Å². The van der Waals surface area contributed by atoms with E-state index >= 15 is 0 Å². The third kappa shape index (κ3) is 19.3. The van der Waals surface area contributed by atoms with Gasteiger partial charge in [-0.3, -0.25) is 9.59 Å². The molecule has 0 aliphatic carbocycles. The predicted octanol–water partition coefficient (Wildman–Crippen LogP) is 8.04. The Balaban J connectivity index is 0.000000512. The molecule has 0 saturated heterocycles. The van der Waals surface area contributed by atoms with Crippen LogP contribution in [0.1, 0.15) is 90.7 Å². The minimum atomic E-state index is -0.0472. The van der Waals surface area contributed by atoms with Crippen molar-refractivity contribution in [1.82, 2.24) is 0 Å². The number of aldehydes is 1. The summed E-state index contributed by atoms with van der Waals surface area (Å²) in [4.78, 5) is 32.2. The second kappa shape index (κ2) is 22.5. The lowest BCUT2D eigenvalue weighted by Crippen LogP contribution is -2.04. The van der Waals surface area contributed by atoms with Gasteiger partial charge in [-0.05, 0) is 43.2 Å². The highest BCUT2D eigenvalue weighted by Crippen LogP contribution is 2.13. The monoisotopic (exact) mass is 494 g/mol. The molecule has 0 fully saturated rings. The van der Waals surface area contributed by atoms with Crippen molar-refractivity contribution < 1.29 is 19.1 Å². The van der Waals surface area contributed by atoms with E-state index in [9.17, 15) is 14.4 Å². The number of ether oxygens (including phenoxy) is 1. The summed E-state index contributed by atoms with van der Waals surface area (Å²) in [5.74, 6) is 0.614. The molecule has 0 heterocycles. The molecular formula is C32H46O4. The normalized spacial score (nSPS) is 10.4. The highest BCUT2D eigenvalue weighted by molar-refractivity contribution is 6.06. The maximum atomic E-state index is 10.9. The fraction of sp³-hybridized carbons (Fsp3) is 0.469. The highest BCUT2D eigenvalue weighted by Gasteiger charge is 2.00. The van der Waals surface area contributed by atoms with Crippen LogP contribution in [0.15, 0.2) is 66.7 Å². The molecule has 4 heteroatoms. The van der Waals surface area contributed by atoms with Gasteiger partial charge in [0.25, 0.3) is 0 Å². The van der Waals surface area contributed by atoms with Gasteiger partial charge in [-0.1, -0.05) is 114 Å². The molecule has 2 rings (SSSR count). The van der Waals surface area contributed by atoms with Crippen molar-refractivity contribution in [2.75, 3.05) is 6.61 Å². The molecule has 0 aromatic heterocycles. The molecule has 0 bridgehead atoms. The minimum absolute atomic E-state index is 0.0472. The van der Waals surface area contributed by atoms with E-state index in [0.717, 1.165) is 36.7 Å². The number of esters is 1. The second-order valence-corrected chi connectivity index (χ2v) is 9.07. The Hall–Kier alpha value is -3.01. The lowest BCUT2D eigenvalue weighted by atomic mass is 10.0. The van der Waals surface area contributed by atoms with E-state index < -0.39 is 0 Å². The first-order valence-corrected chi connectivity index (χ1v) is 13.2. The number of unbranched alkanes of at least 4 members (excludes halogenated alkanes) is 3. The summed E-state index contributed by atoms with van der Waals surface area (Å²) in [7, 11) is 0. The van der Waals surface area contributed by atoms with Crippen molar-refractivity contribution in [3.8, 4) is 0 Å². The van der Waals surface area contributed by atoms with Gasteiger partial charge in [0.2, 0.25) is 0 Å². The fourth-order valence-corrected chi connectivity index (χ4v) is 3.15. The van der Waals surface area contributed by atoms with Crippen LogP contribution in [-0.4, -0.2) is 24.6 Å². The van der Waals surface area contributed by atoms with Crippen molar-refractivity contribution in [3.63, 3.8) is 0 Å². The molecule has 0 saturated carbocycles. The van der Waals surface area contributed by atoms with Crippen LogP contribution in [0.25, 0.3) is 5.57 Å². The smallest absolute Gasteiger partial charge is 0.305 e. The van der Waals surface area contributed by atoms with Crippen LogP contribution in [0.4, 0.5) is 0 Å². The summed E-state index contributed by atoms with van der Waals surface area (Å²) in [6, 6.07) is 19.8. The van der Waals surface area contributed by atoms with Crippen molar-refractivity contribution in [1.29, 1.82) is 0 Å². The van der Waals surface area contributed by atoms with Crippen LogP contribution in [0.5, 0.6) is 0 Å². The summed E-state index contributed by atoms with van der Waals surface area (Å²) in [5.41, 5.74) is 3.00. The van der Waals surface area contributed by atoms with Gasteiger partial charge in [0.05, 0.1) is 6.61 Å². The van der Waals surface area contributed by atoms with E-state index in [1.54, 1.807) is 6.92 Å². The molecule has 2 aromatic rings. The average Bonchev–Trinajstić information content (AvgIpc) is 2.88. The standard InChI is InChI=1S/C12H14O.C10H20O2.C10H12O/c1-10(2)8-12(9-13)11-6-4-3-5-7-11;1-3-5-6-7-9-12-10(11)8-4-2;1-9(11)7-8-10-5-3-2-4-6-10/h3-10H,1-2H3;3-9H2,1-2H3;2-6H,7-8H2,1H3. The van der Waals surface area contributed by atoms with Gasteiger partial charge < -0.3 is 9.53 Å². The zero-order chi connectivity index (χ0) is 27.0. The number of rotatable bonds is 13. The minimum Gasteiger partial charge on any atom is -0.466 e. The molecule has 0 amide bonds. The van der Waals surface area contributed by atoms with Crippen molar-refractivity contribution in [3.05, 3.63) is 77.9 Å². The Labute approximate surface area is 219 Å². The zero-order valence-corrected chi connectivity index (χ0v) is 23.0. The Morgan fingerprint density at radius 1 is 0.833 bits per heavy atom. The van der Waals surface area contributed by atoms with Crippen molar-refractivity contribution in [2.24, 2.45) is 5.92 Å². The number of hydrogen-bond donors (Lipinski definition) is 0. The quantitative estimate of drug-likeness (QED) is 0.122. The highest BCUT2D eigenvalue weighted by atomic mass is 16.5. The van der Waals surface area contributed by atoms with Gasteiger partial charge in [-0.25, -0.2) is 0 Å². The van der Waals surface area contributed by atoms with E-state index in [1.165, 1.54) is 24.8 Å². The first-order valence-electron chi connectivity index (χ1n) is 13.2. The van der Waals surface area contributed by atoms with Crippen LogP contribution in [0.2, 0.25) is 0 Å². The molecular weight excluding hydrogens is 448 g/mol. The van der Waals surface area contributed by atoms with E-state index in [1.807, 2.05) is 73.7 Å². The van der Waals surface area contributed by atoms with Crippen molar-refractivity contribution >= 4 is 23.6 Å². The molecule has 0 radical (unpaired) electrons. The molecule has 0 atom stereocenters. The van der Waals surface area contributed by atoms with Gasteiger partial charge >= 0.3 is 5.97 Å². The van der Waals surface area contributed by atoms with E-state index in [4.69, 9.17) is 4.74 Å². The fourth-order valence-electron chi connectivity index (χ4n) is 3.15. The molecule has 0 aliphatic rings. The predicted molar refractivity (Wildman–Crippen MR) is 151 cm³/mol. The Morgan fingerprint density at radius 2 is 1.44 bits per heavy atom. The Morgan fingerprint density at radius 3 is 1.94 bits per heavy atom. The maximum Gasteiger partial charge on any atom is 0.305 e. The molecule has 0 aliphatic heterocycles. The third-order valence-corrected chi connectivity index (χ3v) is 5.07. The van der Waals surface area contributed by atoms with Crippen LogP contribution < -0.4 is 0 Å². The number of allylic oxidation sites excluding steroid dienone is 2. The molecule has 4 nitrogen and oxygen atoms in total. The molecule has 198 valence electrons. The number of ketones is 1. The largest absolute Gasteiger partial charge is 0.466 e. The summed E-state index contributed by atoms with van der Waals surface area (Å²) in [6.45, 7) is 10.5. The van der Waals surface area contributed by atoms with Gasteiger partial charge in [-0.2, -0.15) is 0 Å². The van der Waals surface area contributed by atoms with Gasteiger partial charge in [0, 0.05) is 18.4 Å². The lowest BCUT2D eigenvalue weighted by molar-refractivity contribution is -0.143. The second-order valence-electron chi connectivity index (χ2n) is 9.07. The number of carbonyl (C=O) groups excluding carboxylic acids is 3. The Kier molecular flexibility index (Phi) is 20.6. The van der Waals surface area contributed by atoms with E-state index in [-0.39, 0.29) is 11.8 Å². The molecule has 0 spiro atoms. The first-order chi connectivity index (χ1) is 17.3. The van der Waals surface area contributed by atoms with Crippen LogP contribution in [0.3, 0.4) is 0 Å². The molecule has 0 unspecified atom stereocenters. The van der Waals surface area contributed by atoms with Crippen LogP contribution >= 0.6 is 0 Å². The van der Waals surface area contributed by atoms with Crippen LogP contribution in [-0.2, 0) is 25.5 Å². The molecule has 0 N–H and O–H groups in total. The number of aryl methyl sites for hydroxylation is 1. The number of Topliss-reactive ketones (excluding diaryl/α,β-unsaturated/α-hetero) is 1. The Bertz CT molecular complexity index is 854. The lowest BCUT2D eigenvalue weighted by Gasteiger charge is -2.02. The summed E-state index contributed by atoms with van der Waals surface area (Å²) >= 11 is 0. The number of hydrogen-bond acceptors (Lipinski definition) is 4. The number of carbonyl (C=O) groups is 3. The van der Waals surface area contributed by atoms with Gasteiger partial charge in [0.15, 0.2) is 0 Å². The SMILES string of the molecule is CC(=O)CCc1ccccc1.CC(C)C=C(C=O)c1ccccc1.CCCCCCOC(=O)CCC. The van der Waals surface area contributed by atoms with Crippen LogP contribution in [0, 0.1) is 5.92 Å². The molecule has 36 heavy (non-hydrogen) atoms. The van der Waals surface area contributed by atoms with E-state index in [0.29, 0.717) is 25.4 Å². The topological polar surface area (TPSA) is 60.4 Å². The molecule has 2 aromatic carbocycles. The van der Waals surface area contributed by atoms with Gasteiger partial charge in [-0.15, -0.1) is 0 Å². The average molecular weight is 495 g/mol. The zero-order valence-electron chi connectivity index (χ0n) is 23.0. The first kappa shape index (κ1) is 33.0. The third-order valence-electron chi connectivity index (χ3n) is 5.07. The summed E-state index contributed by atoms with van der Waals surface area (Å²) in [5, 5.41) is 0. The van der Waals surface area contributed by atoms with E-state index in [2.05, 4.69) is 20.8 Å². The van der Waals surface area contributed by atoms with Crippen molar-refractivity contribution in [2.45, 2.75) is 86.0 Å². The number of benzene rings is 2. The summed E-state index contributed by atoms with van der Waals surface area (Å²) in [6.07, 6.45) is 10.5.